The van der Waals surface area contributed by atoms with E-state index in [4.69, 9.17) is 4.74 Å². The Kier molecular flexibility index (Phi) is 4.47. The standard InChI is InChI=1S/C20H20N2O4S/c1-14-8-10-16(11-9-14)26-20(23)15-5-4-12-22(13-15)19-17-6-2-3-7-18(17)27(24,25)21-19/h2-3,6-11,15H,4-5,12-13H2,1H3. The van der Waals surface area contributed by atoms with Crippen molar-refractivity contribution in [1.29, 1.82) is 0 Å². The first-order valence-corrected chi connectivity index (χ1v) is 10.4. The number of fused-ring (bicyclic) bond motifs is 1. The Morgan fingerprint density at radius 3 is 2.67 bits per heavy atom. The monoisotopic (exact) mass is 384 g/mol. The van der Waals surface area contributed by atoms with Gasteiger partial charge in [0, 0.05) is 18.7 Å². The van der Waals surface area contributed by atoms with Crippen molar-refractivity contribution < 1.29 is 17.9 Å². The van der Waals surface area contributed by atoms with Crippen molar-refractivity contribution in [2.75, 3.05) is 13.1 Å². The van der Waals surface area contributed by atoms with Gasteiger partial charge in [-0.3, -0.25) is 4.79 Å². The average molecular weight is 384 g/mol. The molecule has 1 atom stereocenters. The summed E-state index contributed by atoms with van der Waals surface area (Å²) in [4.78, 5) is 14.7. The second-order valence-corrected chi connectivity index (χ2v) is 8.48. The quantitative estimate of drug-likeness (QED) is 0.588. The molecule has 0 aliphatic carbocycles. The number of aryl methyl sites for hydroxylation is 1. The lowest BCUT2D eigenvalue weighted by molar-refractivity contribution is -0.140. The molecule has 0 saturated carbocycles. The highest BCUT2D eigenvalue weighted by molar-refractivity contribution is 7.90. The number of hydrogen-bond donors (Lipinski definition) is 0. The van der Waals surface area contributed by atoms with E-state index >= 15 is 0 Å². The van der Waals surface area contributed by atoms with Crippen LogP contribution in [0.3, 0.4) is 0 Å². The number of ether oxygens (including phenoxy) is 1. The van der Waals surface area contributed by atoms with E-state index in [0.717, 1.165) is 12.0 Å². The highest BCUT2D eigenvalue weighted by Crippen LogP contribution is 2.30. The zero-order valence-corrected chi connectivity index (χ0v) is 15.8. The topological polar surface area (TPSA) is 76.0 Å². The third kappa shape index (κ3) is 3.47. The molecule has 0 radical (unpaired) electrons. The number of nitrogens with zero attached hydrogens (tertiary/aromatic N) is 2. The molecular weight excluding hydrogens is 364 g/mol. The largest absolute Gasteiger partial charge is 0.426 e. The molecule has 0 N–H and O–H groups in total. The van der Waals surface area contributed by atoms with Crippen LogP contribution in [0.25, 0.3) is 0 Å². The van der Waals surface area contributed by atoms with Gasteiger partial charge in [-0.2, -0.15) is 8.42 Å². The molecule has 2 aliphatic heterocycles. The van der Waals surface area contributed by atoms with Crippen molar-refractivity contribution in [3.05, 3.63) is 59.7 Å². The first-order valence-electron chi connectivity index (χ1n) is 8.92. The van der Waals surface area contributed by atoms with Gasteiger partial charge in [0.15, 0.2) is 5.84 Å². The molecule has 2 aromatic rings. The molecule has 27 heavy (non-hydrogen) atoms. The van der Waals surface area contributed by atoms with Gasteiger partial charge in [-0.15, -0.1) is 4.40 Å². The van der Waals surface area contributed by atoms with Crippen LogP contribution in [0.5, 0.6) is 5.75 Å². The lowest BCUT2D eigenvalue weighted by Gasteiger charge is -2.32. The zero-order valence-electron chi connectivity index (χ0n) is 15.0. The first kappa shape index (κ1) is 17.7. The number of amidine groups is 1. The molecule has 0 spiro atoms. The molecular formula is C20H20N2O4S. The Bertz CT molecular complexity index is 1010. The fourth-order valence-electron chi connectivity index (χ4n) is 3.48. The van der Waals surface area contributed by atoms with Gasteiger partial charge in [0.2, 0.25) is 0 Å². The average Bonchev–Trinajstić information content (AvgIpc) is 2.95. The molecule has 2 aliphatic rings. The van der Waals surface area contributed by atoms with Crippen LogP contribution in [0, 0.1) is 12.8 Å². The van der Waals surface area contributed by atoms with Crippen LogP contribution in [-0.2, 0) is 14.8 Å². The van der Waals surface area contributed by atoms with E-state index < -0.39 is 10.0 Å². The number of carbonyl (C=O) groups is 1. The van der Waals surface area contributed by atoms with Gasteiger partial charge in [-0.25, -0.2) is 0 Å². The maximum atomic E-state index is 12.6. The third-order valence-corrected chi connectivity index (χ3v) is 6.23. The SMILES string of the molecule is Cc1ccc(OC(=O)C2CCCN(C3=NS(=O)(=O)c4ccccc43)C2)cc1. The van der Waals surface area contributed by atoms with Crippen molar-refractivity contribution in [3.8, 4) is 5.75 Å². The van der Waals surface area contributed by atoms with Crippen LogP contribution in [0.2, 0.25) is 0 Å². The van der Waals surface area contributed by atoms with Crippen molar-refractivity contribution in [2.45, 2.75) is 24.7 Å². The minimum Gasteiger partial charge on any atom is -0.426 e. The Balaban J connectivity index is 1.52. The zero-order chi connectivity index (χ0) is 19.0. The van der Waals surface area contributed by atoms with Crippen LogP contribution >= 0.6 is 0 Å². The summed E-state index contributed by atoms with van der Waals surface area (Å²) in [7, 11) is -3.66. The van der Waals surface area contributed by atoms with Crippen molar-refractivity contribution in [2.24, 2.45) is 10.3 Å². The van der Waals surface area contributed by atoms with Gasteiger partial charge < -0.3 is 9.64 Å². The summed E-state index contributed by atoms with van der Waals surface area (Å²) in [5.41, 5.74) is 1.70. The molecule has 6 nitrogen and oxygen atoms in total. The molecule has 2 aromatic carbocycles. The van der Waals surface area contributed by atoms with Crippen LogP contribution < -0.4 is 4.74 Å². The lowest BCUT2D eigenvalue weighted by atomic mass is 9.97. The predicted octanol–water partition coefficient (Wildman–Crippen LogP) is 2.76. The smallest absolute Gasteiger partial charge is 0.316 e. The number of carbonyl (C=O) groups excluding carboxylic acids is 1. The summed E-state index contributed by atoms with van der Waals surface area (Å²) in [6, 6.07) is 14.1. The van der Waals surface area contributed by atoms with Crippen molar-refractivity contribution in [3.63, 3.8) is 0 Å². The van der Waals surface area contributed by atoms with E-state index in [1.54, 1.807) is 36.4 Å². The summed E-state index contributed by atoms with van der Waals surface area (Å²) >= 11 is 0. The third-order valence-electron chi connectivity index (χ3n) is 4.91. The Morgan fingerprint density at radius 2 is 1.89 bits per heavy atom. The van der Waals surface area contributed by atoms with Gasteiger partial charge in [-0.05, 0) is 44.0 Å². The predicted molar refractivity (Wildman–Crippen MR) is 101 cm³/mol. The highest BCUT2D eigenvalue weighted by atomic mass is 32.2. The van der Waals surface area contributed by atoms with E-state index in [1.807, 2.05) is 24.0 Å². The number of benzene rings is 2. The number of esters is 1. The van der Waals surface area contributed by atoms with Crippen LogP contribution in [-0.4, -0.2) is 38.2 Å². The van der Waals surface area contributed by atoms with Gasteiger partial charge in [-0.1, -0.05) is 29.8 Å². The minimum absolute atomic E-state index is 0.226. The fraction of sp³-hybridized carbons (Fsp3) is 0.300. The Morgan fingerprint density at radius 1 is 1.15 bits per heavy atom. The van der Waals surface area contributed by atoms with Gasteiger partial charge in [0.05, 0.1) is 5.92 Å². The van der Waals surface area contributed by atoms with E-state index in [1.165, 1.54) is 0 Å². The van der Waals surface area contributed by atoms with E-state index in [0.29, 0.717) is 36.7 Å². The summed E-state index contributed by atoms with van der Waals surface area (Å²) in [6.07, 6.45) is 1.48. The fourth-order valence-corrected chi connectivity index (χ4v) is 4.71. The lowest BCUT2D eigenvalue weighted by Crippen LogP contribution is -2.43. The Labute approximate surface area is 158 Å². The molecule has 0 amide bonds. The molecule has 1 fully saturated rings. The van der Waals surface area contributed by atoms with E-state index in [-0.39, 0.29) is 16.8 Å². The summed E-state index contributed by atoms with van der Waals surface area (Å²) in [6.45, 7) is 3.03. The van der Waals surface area contributed by atoms with Gasteiger partial charge >= 0.3 is 5.97 Å². The van der Waals surface area contributed by atoms with Gasteiger partial charge in [0.25, 0.3) is 10.0 Å². The summed E-state index contributed by atoms with van der Waals surface area (Å²) in [5.74, 6) is 0.337. The van der Waals surface area contributed by atoms with Crippen molar-refractivity contribution >= 4 is 21.8 Å². The maximum Gasteiger partial charge on any atom is 0.316 e. The van der Waals surface area contributed by atoms with Gasteiger partial charge in [0.1, 0.15) is 10.6 Å². The highest BCUT2D eigenvalue weighted by Gasteiger charge is 2.35. The number of piperidine rings is 1. The maximum absolute atomic E-state index is 12.6. The van der Waals surface area contributed by atoms with Crippen LogP contribution in [0.1, 0.15) is 24.0 Å². The van der Waals surface area contributed by atoms with E-state index in [9.17, 15) is 13.2 Å². The number of likely N-dealkylation sites (tertiary alicyclic amines) is 1. The second-order valence-electron chi connectivity index (χ2n) is 6.91. The molecule has 1 saturated heterocycles. The molecule has 2 heterocycles. The minimum atomic E-state index is -3.66. The van der Waals surface area contributed by atoms with E-state index in [2.05, 4.69) is 4.40 Å². The number of sulfonamides is 1. The number of rotatable bonds is 2. The summed E-state index contributed by atoms with van der Waals surface area (Å²) in [5, 5.41) is 0. The molecule has 140 valence electrons. The normalized spacial score (nSPS) is 20.7. The Hall–Kier alpha value is -2.67. The molecule has 0 aromatic heterocycles. The molecule has 0 bridgehead atoms. The molecule has 7 heteroatoms. The number of hydrogen-bond acceptors (Lipinski definition) is 5. The van der Waals surface area contributed by atoms with Crippen LogP contribution in [0.4, 0.5) is 0 Å². The molecule has 1 unspecified atom stereocenters. The van der Waals surface area contributed by atoms with Crippen LogP contribution in [0.15, 0.2) is 57.8 Å². The van der Waals surface area contributed by atoms with Crippen molar-refractivity contribution in [1.82, 2.24) is 4.90 Å². The molecule has 4 rings (SSSR count). The first-order chi connectivity index (χ1) is 12.9. The summed E-state index contributed by atoms with van der Waals surface area (Å²) < 4.78 is 34.0. The second kappa shape index (κ2) is 6.81.